The number of hydrogen-bond acceptors (Lipinski definition) is 6. The minimum Gasteiger partial charge on any atom is -0.465 e. The molecule has 0 aromatic carbocycles. The molecule has 1 fully saturated rings. The van der Waals surface area contributed by atoms with E-state index >= 15 is 0 Å². The summed E-state index contributed by atoms with van der Waals surface area (Å²) in [5.41, 5.74) is 1.89. The summed E-state index contributed by atoms with van der Waals surface area (Å²) in [6.07, 6.45) is 9.15. The second-order valence-corrected chi connectivity index (χ2v) is 8.96. The molecule has 6 nitrogen and oxygen atoms in total. The van der Waals surface area contributed by atoms with Gasteiger partial charge in [0.15, 0.2) is 0 Å². The average molecular weight is 436 g/mol. The highest BCUT2D eigenvalue weighted by Gasteiger charge is 2.35. The maximum absolute atomic E-state index is 13.7. The first-order valence-electron chi connectivity index (χ1n) is 11.0. The Morgan fingerprint density at radius 2 is 2.03 bits per heavy atom. The van der Waals surface area contributed by atoms with E-state index in [0.717, 1.165) is 43.4 Å². The Hall–Kier alpha value is -1.70. The smallest absolute Gasteiger partial charge is 0.350 e. The second-order valence-electron chi connectivity index (χ2n) is 7.91. The Morgan fingerprint density at radius 3 is 2.63 bits per heavy atom. The molecule has 0 spiro atoms. The van der Waals surface area contributed by atoms with Crippen LogP contribution in [0.15, 0.2) is 12.1 Å². The fourth-order valence-corrected chi connectivity index (χ4v) is 5.32. The average Bonchev–Trinajstić information content (AvgIpc) is 3.23. The van der Waals surface area contributed by atoms with Crippen molar-refractivity contribution in [2.24, 2.45) is 5.92 Å². The zero-order valence-corrected chi connectivity index (χ0v) is 19.1. The van der Waals surface area contributed by atoms with Crippen LogP contribution in [0.5, 0.6) is 0 Å². The van der Waals surface area contributed by atoms with Crippen LogP contribution in [0.1, 0.15) is 73.3 Å². The third-order valence-corrected chi connectivity index (χ3v) is 7.00. The van der Waals surface area contributed by atoms with Gasteiger partial charge in [-0.25, -0.2) is 4.79 Å². The SMILES string of the molecule is CCCC(CC)C(=O)N(c1cc(C2=CCCCC2)sc1C(=O)OC)C1COCOC1. The molecule has 2 aliphatic rings. The predicted molar refractivity (Wildman–Crippen MR) is 119 cm³/mol. The highest BCUT2D eigenvalue weighted by molar-refractivity contribution is 7.15. The van der Waals surface area contributed by atoms with Gasteiger partial charge >= 0.3 is 5.97 Å². The van der Waals surface area contributed by atoms with Crippen molar-refractivity contribution in [2.75, 3.05) is 32.0 Å². The lowest BCUT2D eigenvalue weighted by Crippen LogP contribution is -2.50. The maximum atomic E-state index is 13.7. The second kappa shape index (κ2) is 11.1. The number of amides is 1. The van der Waals surface area contributed by atoms with Crippen LogP contribution in [-0.4, -0.2) is 45.0 Å². The number of methoxy groups -OCH3 is 1. The zero-order valence-electron chi connectivity index (χ0n) is 18.3. The van der Waals surface area contributed by atoms with Crippen molar-refractivity contribution in [1.82, 2.24) is 0 Å². The highest BCUT2D eigenvalue weighted by atomic mass is 32.1. The minimum absolute atomic E-state index is 0.0329. The van der Waals surface area contributed by atoms with E-state index in [2.05, 4.69) is 13.0 Å². The summed E-state index contributed by atoms with van der Waals surface area (Å²) in [6.45, 7) is 5.14. The van der Waals surface area contributed by atoms with Crippen LogP contribution in [-0.2, 0) is 19.0 Å². The van der Waals surface area contributed by atoms with Crippen molar-refractivity contribution >= 4 is 34.5 Å². The number of carbonyl (C=O) groups excluding carboxylic acids is 2. The molecule has 0 bridgehead atoms. The summed E-state index contributed by atoms with van der Waals surface area (Å²) in [5.74, 6) is -0.470. The van der Waals surface area contributed by atoms with Gasteiger partial charge in [-0.05, 0) is 50.2 Å². The standard InChI is InChI=1S/C23H33NO5S/c1-4-9-16(5-2)22(25)24(18-13-28-15-29-14-18)19-12-20(17-10-7-6-8-11-17)30-21(19)23(26)27-3/h10,12,16,18H,4-9,11,13-15H2,1-3H3. The number of thiophene rings is 1. The number of rotatable bonds is 8. The van der Waals surface area contributed by atoms with E-state index in [1.807, 2.05) is 13.0 Å². The summed E-state index contributed by atoms with van der Waals surface area (Å²) in [6, 6.07) is 1.74. The molecule has 3 rings (SSSR count). The molecule has 0 radical (unpaired) electrons. The topological polar surface area (TPSA) is 65.1 Å². The fraction of sp³-hybridized carbons (Fsp3) is 0.652. The lowest BCUT2D eigenvalue weighted by molar-refractivity contribution is -0.130. The van der Waals surface area contributed by atoms with Crippen molar-refractivity contribution in [2.45, 2.75) is 64.8 Å². The molecular formula is C23H33NO5S. The zero-order chi connectivity index (χ0) is 21.5. The molecule has 1 saturated heterocycles. The van der Waals surface area contributed by atoms with Crippen LogP contribution in [0.4, 0.5) is 5.69 Å². The molecule has 1 aliphatic carbocycles. The summed E-state index contributed by atoms with van der Waals surface area (Å²) in [4.78, 5) is 29.6. The monoisotopic (exact) mass is 435 g/mol. The van der Waals surface area contributed by atoms with Gasteiger partial charge in [-0.15, -0.1) is 11.3 Å². The minimum atomic E-state index is -0.406. The third kappa shape index (κ3) is 5.13. The van der Waals surface area contributed by atoms with E-state index in [9.17, 15) is 9.59 Å². The Labute approximate surface area is 183 Å². The largest absolute Gasteiger partial charge is 0.465 e. The van der Waals surface area contributed by atoms with Crippen molar-refractivity contribution in [3.05, 3.63) is 21.9 Å². The number of carbonyl (C=O) groups is 2. The Bertz CT molecular complexity index is 766. The number of anilines is 1. The molecule has 30 heavy (non-hydrogen) atoms. The molecule has 1 aliphatic heterocycles. The van der Waals surface area contributed by atoms with E-state index in [1.165, 1.54) is 30.4 Å². The fourth-order valence-electron chi connectivity index (χ4n) is 4.19. The Kier molecular flexibility index (Phi) is 8.48. The van der Waals surface area contributed by atoms with Crippen molar-refractivity contribution in [3.63, 3.8) is 0 Å². The molecule has 0 N–H and O–H groups in total. The van der Waals surface area contributed by atoms with Crippen molar-refractivity contribution in [1.29, 1.82) is 0 Å². The lowest BCUT2D eigenvalue weighted by Gasteiger charge is -2.36. The molecule has 7 heteroatoms. The van der Waals surface area contributed by atoms with Crippen LogP contribution in [0, 0.1) is 5.92 Å². The van der Waals surface area contributed by atoms with E-state index < -0.39 is 5.97 Å². The van der Waals surface area contributed by atoms with E-state index in [-0.39, 0.29) is 24.7 Å². The van der Waals surface area contributed by atoms with Crippen LogP contribution in [0.2, 0.25) is 0 Å². The molecule has 1 unspecified atom stereocenters. The van der Waals surface area contributed by atoms with Crippen LogP contribution in [0.25, 0.3) is 5.57 Å². The summed E-state index contributed by atoms with van der Waals surface area (Å²) in [7, 11) is 1.39. The molecule has 1 aromatic heterocycles. The van der Waals surface area contributed by atoms with Gasteiger partial charge in [-0.3, -0.25) is 4.79 Å². The van der Waals surface area contributed by atoms with Crippen LogP contribution in [0.3, 0.4) is 0 Å². The lowest BCUT2D eigenvalue weighted by atomic mass is 9.97. The molecular weight excluding hydrogens is 402 g/mol. The predicted octanol–water partition coefficient (Wildman–Crippen LogP) is 5.02. The molecule has 1 aromatic rings. The van der Waals surface area contributed by atoms with Gasteiger partial charge in [0.2, 0.25) is 5.91 Å². The molecule has 1 amide bonds. The normalized spacial score (nSPS) is 18.6. The number of allylic oxidation sites excluding steroid dienone is 2. The number of ether oxygens (including phenoxy) is 3. The first kappa shape index (κ1) is 23.0. The quantitative estimate of drug-likeness (QED) is 0.536. The molecule has 0 saturated carbocycles. The van der Waals surface area contributed by atoms with E-state index in [4.69, 9.17) is 14.2 Å². The molecule has 2 heterocycles. The van der Waals surface area contributed by atoms with Crippen molar-refractivity contribution < 1.29 is 23.8 Å². The summed E-state index contributed by atoms with van der Waals surface area (Å²) >= 11 is 1.42. The number of esters is 1. The maximum Gasteiger partial charge on any atom is 0.350 e. The van der Waals surface area contributed by atoms with Gasteiger partial charge in [0, 0.05) is 10.8 Å². The summed E-state index contributed by atoms with van der Waals surface area (Å²) in [5, 5.41) is 0. The van der Waals surface area contributed by atoms with Gasteiger partial charge < -0.3 is 19.1 Å². The molecule has 166 valence electrons. The van der Waals surface area contributed by atoms with Gasteiger partial charge in [0.05, 0.1) is 32.1 Å². The molecule has 1 atom stereocenters. The van der Waals surface area contributed by atoms with E-state index in [0.29, 0.717) is 23.8 Å². The first-order chi connectivity index (χ1) is 14.6. The first-order valence-corrected chi connectivity index (χ1v) is 11.8. The van der Waals surface area contributed by atoms with Crippen molar-refractivity contribution in [3.8, 4) is 0 Å². The van der Waals surface area contributed by atoms with E-state index in [1.54, 1.807) is 4.90 Å². The Balaban J connectivity index is 2.06. The Morgan fingerprint density at radius 1 is 1.27 bits per heavy atom. The van der Waals surface area contributed by atoms with Gasteiger partial charge in [-0.1, -0.05) is 26.3 Å². The third-order valence-electron chi connectivity index (χ3n) is 5.82. The van der Waals surface area contributed by atoms with Gasteiger partial charge in [0.25, 0.3) is 0 Å². The highest BCUT2D eigenvalue weighted by Crippen LogP contribution is 2.40. The van der Waals surface area contributed by atoms with Crippen LogP contribution >= 0.6 is 11.3 Å². The number of nitrogens with zero attached hydrogens (tertiary/aromatic N) is 1. The summed E-state index contributed by atoms with van der Waals surface area (Å²) < 4.78 is 16.1. The van der Waals surface area contributed by atoms with Gasteiger partial charge in [0.1, 0.15) is 11.7 Å². The van der Waals surface area contributed by atoms with Crippen LogP contribution < -0.4 is 4.90 Å². The van der Waals surface area contributed by atoms with Gasteiger partial charge in [-0.2, -0.15) is 0 Å². The number of hydrogen-bond donors (Lipinski definition) is 0.